The number of halogens is 1. The van der Waals surface area contributed by atoms with Crippen molar-refractivity contribution < 1.29 is 14.3 Å². The van der Waals surface area contributed by atoms with E-state index in [4.69, 9.17) is 11.6 Å². The van der Waals surface area contributed by atoms with E-state index in [0.29, 0.717) is 12.3 Å². The van der Waals surface area contributed by atoms with Gasteiger partial charge in [0.05, 0.1) is 13.0 Å². The molecule has 0 spiro atoms. The van der Waals surface area contributed by atoms with Crippen LogP contribution in [0.5, 0.6) is 0 Å². The summed E-state index contributed by atoms with van der Waals surface area (Å²) < 4.78 is 4.67. The number of esters is 1. The minimum atomic E-state index is -0.272. The van der Waals surface area contributed by atoms with Gasteiger partial charge in [-0.3, -0.25) is 9.59 Å². The van der Waals surface area contributed by atoms with E-state index in [9.17, 15) is 9.59 Å². The third kappa shape index (κ3) is 3.29. The molecule has 1 aliphatic carbocycles. The van der Waals surface area contributed by atoms with E-state index in [0.717, 1.165) is 25.7 Å². The molecule has 0 N–H and O–H groups in total. The lowest BCUT2D eigenvalue weighted by Gasteiger charge is -2.25. The largest absolute Gasteiger partial charge is 0.469 e. The molecule has 80 valence electrons. The third-order valence-electron chi connectivity index (χ3n) is 2.83. The van der Waals surface area contributed by atoms with Crippen molar-refractivity contribution in [3.8, 4) is 0 Å². The molecule has 0 radical (unpaired) electrons. The molecule has 0 atom stereocenters. The monoisotopic (exact) mass is 218 g/mol. The van der Waals surface area contributed by atoms with E-state index in [2.05, 4.69) is 4.74 Å². The summed E-state index contributed by atoms with van der Waals surface area (Å²) >= 11 is 5.31. The first-order chi connectivity index (χ1) is 6.63. The van der Waals surface area contributed by atoms with Crippen molar-refractivity contribution in [1.82, 2.24) is 0 Å². The van der Waals surface area contributed by atoms with Gasteiger partial charge in [-0.25, -0.2) is 0 Å². The van der Waals surface area contributed by atoms with Crippen LogP contribution in [0.25, 0.3) is 0 Å². The summed E-state index contributed by atoms with van der Waals surface area (Å²) in [6.07, 6.45) is 3.88. The fraction of sp³-hybridized carbons (Fsp3) is 0.800. The Hall–Kier alpha value is -0.570. The molecule has 4 heteroatoms. The van der Waals surface area contributed by atoms with Gasteiger partial charge in [0.1, 0.15) is 0 Å². The van der Waals surface area contributed by atoms with Crippen molar-refractivity contribution in [2.24, 2.45) is 11.8 Å². The normalized spacial score (nSPS) is 27.0. The van der Waals surface area contributed by atoms with Gasteiger partial charge in [0, 0.05) is 6.42 Å². The smallest absolute Gasteiger partial charge is 0.308 e. The highest BCUT2D eigenvalue weighted by Gasteiger charge is 2.27. The van der Waals surface area contributed by atoms with E-state index >= 15 is 0 Å². The van der Waals surface area contributed by atoms with Gasteiger partial charge in [-0.15, -0.1) is 0 Å². The van der Waals surface area contributed by atoms with Gasteiger partial charge < -0.3 is 4.74 Å². The molecule has 0 heterocycles. The lowest BCUT2D eigenvalue weighted by molar-refractivity contribution is -0.146. The molecule has 0 aromatic carbocycles. The van der Waals surface area contributed by atoms with Crippen LogP contribution in [0.1, 0.15) is 32.1 Å². The highest BCUT2D eigenvalue weighted by Crippen LogP contribution is 2.31. The van der Waals surface area contributed by atoms with Crippen molar-refractivity contribution in [1.29, 1.82) is 0 Å². The predicted molar refractivity (Wildman–Crippen MR) is 52.9 cm³/mol. The van der Waals surface area contributed by atoms with Gasteiger partial charge in [0.25, 0.3) is 0 Å². The summed E-state index contributed by atoms with van der Waals surface area (Å²) in [5, 5.41) is -0.272. The van der Waals surface area contributed by atoms with E-state index in [-0.39, 0.29) is 17.1 Å². The number of carbonyl (C=O) groups is 2. The van der Waals surface area contributed by atoms with E-state index in [1.165, 1.54) is 7.11 Å². The van der Waals surface area contributed by atoms with Crippen LogP contribution in [-0.4, -0.2) is 18.3 Å². The molecule has 0 aromatic rings. The number of carbonyl (C=O) groups excluding carboxylic acids is 2. The average Bonchev–Trinajstić information content (AvgIpc) is 2.17. The fourth-order valence-electron chi connectivity index (χ4n) is 2.00. The predicted octanol–water partition coefficient (Wildman–Crippen LogP) is 2.12. The molecule has 1 rings (SSSR count). The van der Waals surface area contributed by atoms with Crippen LogP contribution < -0.4 is 0 Å². The van der Waals surface area contributed by atoms with Gasteiger partial charge in [-0.1, -0.05) is 0 Å². The molecule has 0 bridgehead atoms. The first-order valence-corrected chi connectivity index (χ1v) is 5.27. The van der Waals surface area contributed by atoms with Crippen LogP contribution in [0.4, 0.5) is 0 Å². The Kier molecular flexibility index (Phi) is 4.39. The molecule has 1 fully saturated rings. The minimum absolute atomic E-state index is 0.0293. The fourth-order valence-corrected chi connectivity index (χ4v) is 2.21. The van der Waals surface area contributed by atoms with E-state index < -0.39 is 0 Å². The molecule has 0 aliphatic heterocycles. The molecule has 1 aliphatic rings. The van der Waals surface area contributed by atoms with Crippen molar-refractivity contribution in [3.63, 3.8) is 0 Å². The number of methoxy groups -OCH3 is 1. The summed E-state index contributed by atoms with van der Waals surface area (Å²) in [5.41, 5.74) is 0. The summed E-state index contributed by atoms with van der Waals surface area (Å²) in [6, 6.07) is 0. The second-order valence-electron chi connectivity index (χ2n) is 3.80. The highest BCUT2D eigenvalue weighted by molar-refractivity contribution is 6.63. The molecule has 1 saturated carbocycles. The van der Waals surface area contributed by atoms with Gasteiger partial charge in [-0.05, 0) is 43.2 Å². The van der Waals surface area contributed by atoms with Crippen molar-refractivity contribution in [2.45, 2.75) is 32.1 Å². The standard InChI is InChI=1S/C10H15ClO3/c1-14-10(13)8-4-2-7(3-5-8)6-9(11)12/h7-8H,2-6H2,1H3/t7-,8-. The molecular formula is C10H15ClO3. The van der Waals surface area contributed by atoms with Crippen LogP contribution in [0.15, 0.2) is 0 Å². The summed E-state index contributed by atoms with van der Waals surface area (Å²) in [5.74, 6) is 0.267. The lowest BCUT2D eigenvalue weighted by Crippen LogP contribution is -2.23. The number of rotatable bonds is 3. The summed E-state index contributed by atoms with van der Waals surface area (Å²) in [7, 11) is 1.41. The first kappa shape index (κ1) is 11.5. The van der Waals surface area contributed by atoms with Crippen LogP contribution in [0.2, 0.25) is 0 Å². The zero-order valence-corrected chi connectivity index (χ0v) is 9.05. The Morgan fingerprint density at radius 2 is 1.86 bits per heavy atom. The lowest BCUT2D eigenvalue weighted by atomic mass is 9.81. The summed E-state index contributed by atoms with van der Waals surface area (Å²) in [6.45, 7) is 0. The van der Waals surface area contributed by atoms with E-state index in [1.807, 2.05) is 0 Å². The van der Waals surface area contributed by atoms with Crippen molar-refractivity contribution in [2.75, 3.05) is 7.11 Å². The molecule has 3 nitrogen and oxygen atoms in total. The molecule has 0 amide bonds. The Balaban J connectivity index is 2.31. The van der Waals surface area contributed by atoms with Gasteiger partial charge >= 0.3 is 5.97 Å². The van der Waals surface area contributed by atoms with E-state index in [1.54, 1.807) is 0 Å². The third-order valence-corrected chi connectivity index (χ3v) is 2.98. The highest BCUT2D eigenvalue weighted by atomic mass is 35.5. The second-order valence-corrected chi connectivity index (χ2v) is 4.22. The topological polar surface area (TPSA) is 43.4 Å². The number of hydrogen-bond donors (Lipinski definition) is 0. The maximum atomic E-state index is 11.2. The average molecular weight is 219 g/mol. The SMILES string of the molecule is COC(=O)[C@H]1CC[C@H](CC(=O)Cl)CC1. The van der Waals surface area contributed by atoms with Gasteiger partial charge in [0.15, 0.2) is 0 Å². The zero-order chi connectivity index (χ0) is 10.6. The van der Waals surface area contributed by atoms with Crippen LogP contribution in [-0.2, 0) is 14.3 Å². The Morgan fingerprint density at radius 1 is 1.29 bits per heavy atom. The Labute approximate surface area is 88.8 Å². The molecule has 0 saturated heterocycles. The molecule has 14 heavy (non-hydrogen) atoms. The summed E-state index contributed by atoms with van der Waals surface area (Å²) in [4.78, 5) is 21.8. The van der Waals surface area contributed by atoms with Crippen LogP contribution in [0.3, 0.4) is 0 Å². The van der Waals surface area contributed by atoms with Crippen LogP contribution >= 0.6 is 11.6 Å². The van der Waals surface area contributed by atoms with Gasteiger partial charge in [0.2, 0.25) is 5.24 Å². The quantitative estimate of drug-likeness (QED) is 0.538. The number of hydrogen-bond acceptors (Lipinski definition) is 3. The zero-order valence-electron chi connectivity index (χ0n) is 8.29. The van der Waals surface area contributed by atoms with Gasteiger partial charge in [-0.2, -0.15) is 0 Å². The second kappa shape index (κ2) is 5.35. The maximum absolute atomic E-state index is 11.2. The number of ether oxygens (including phenoxy) is 1. The molecule has 0 aromatic heterocycles. The molecule has 0 unspecified atom stereocenters. The Morgan fingerprint density at radius 3 is 2.29 bits per heavy atom. The van der Waals surface area contributed by atoms with Crippen molar-refractivity contribution >= 4 is 22.8 Å². The minimum Gasteiger partial charge on any atom is -0.469 e. The maximum Gasteiger partial charge on any atom is 0.308 e. The Bertz CT molecular complexity index is 219. The molecular weight excluding hydrogens is 204 g/mol. The van der Waals surface area contributed by atoms with Crippen molar-refractivity contribution in [3.05, 3.63) is 0 Å². The van der Waals surface area contributed by atoms with Crippen LogP contribution in [0, 0.1) is 11.8 Å². The first-order valence-electron chi connectivity index (χ1n) is 4.89.